The molecule has 0 aromatic heterocycles. The maximum absolute atomic E-state index is 12.3. The highest BCUT2D eigenvalue weighted by Crippen LogP contribution is 2.38. The van der Waals surface area contributed by atoms with Crippen LogP contribution in [0.15, 0.2) is 0 Å². The lowest BCUT2D eigenvalue weighted by Crippen LogP contribution is -2.49. The summed E-state index contributed by atoms with van der Waals surface area (Å²) >= 11 is 0. The number of fused-ring (bicyclic) bond motifs is 1. The largest absolute Gasteiger partial charge is 0.377 e. The van der Waals surface area contributed by atoms with Crippen molar-refractivity contribution in [3.05, 3.63) is 0 Å². The third-order valence-electron chi connectivity index (χ3n) is 6.25. The molecule has 1 saturated carbocycles. The third-order valence-corrected chi connectivity index (χ3v) is 6.25. The SMILES string of the molecule is O=C(C[C@@H]1OC[C@H]2CN(C3CCC3)CC[C@H]21)N1CCCC1. The van der Waals surface area contributed by atoms with Crippen LogP contribution < -0.4 is 0 Å². The van der Waals surface area contributed by atoms with Crippen molar-refractivity contribution in [3.63, 3.8) is 0 Å². The first-order valence-corrected chi connectivity index (χ1v) is 8.94. The zero-order valence-electron chi connectivity index (χ0n) is 13.0. The maximum Gasteiger partial charge on any atom is 0.225 e. The first kappa shape index (κ1) is 14.0. The number of ether oxygens (including phenoxy) is 1. The highest BCUT2D eigenvalue weighted by atomic mass is 16.5. The van der Waals surface area contributed by atoms with Crippen LogP contribution in [0.3, 0.4) is 0 Å². The molecule has 1 amide bonds. The number of amides is 1. The molecule has 0 unspecified atom stereocenters. The fourth-order valence-corrected chi connectivity index (χ4v) is 4.68. The molecule has 0 spiro atoms. The average molecular weight is 292 g/mol. The summed E-state index contributed by atoms with van der Waals surface area (Å²) in [5.41, 5.74) is 0. The Kier molecular flexibility index (Phi) is 3.92. The predicted octanol–water partition coefficient (Wildman–Crippen LogP) is 1.89. The van der Waals surface area contributed by atoms with Gasteiger partial charge < -0.3 is 14.5 Å². The van der Waals surface area contributed by atoms with Gasteiger partial charge in [0.1, 0.15) is 0 Å². The Hall–Kier alpha value is -0.610. The number of nitrogens with zero attached hydrogens (tertiary/aromatic N) is 2. The van der Waals surface area contributed by atoms with E-state index in [-0.39, 0.29) is 6.10 Å². The molecule has 3 atom stereocenters. The van der Waals surface area contributed by atoms with Gasteiger partial charge in [0.25, 0.3) is 0 Å². The zero-order valence-corrected chi connectivity index (χ0v) is 13.0. The van der Waals surface area contributed by atoms with Crippen LogP contribution in [0.25, 0.3) is 0 Å². The van der Waals surface area contributed by atoms with Crippen LogP contribution in [0, 0.1) is 11.8 Å². The molecule has 3 heterocycles. The Labute approximate surface area is 127 Å². The van der Waals surface area contributed by atoms with Gasteiger partial charge in [-0.25, -0.2) is 0 Å². The van der Waals surface area contributed by atoms with Crippen molar-refractivity contribution in [2.75, 3.05) is 32.8 Å². The minimum atomic E-state index is 0.201. The Balaban J connectivity index is 1.31. The fraction of sp³-hybridized carbons (Fsp3) is 0.941. The Morgan fingerprint density at radius 1 is 1.05 bits per heavy atom. The van der Waals surface area contributed by atoms with E-state index in [1.54, 1.807) is 0 Å². The lowest BCUT2D eigenvalue weighted by atomic mass is 9.80. The molecule has 0 radical (unpaired) electrons. The van der Waals surface area contributed by atoms with Gasteiger partial charge >= 0.3 is 0 Å². The van der Waals surface area contributed by atoms with Gasteiger partial charge in [0, 0.05) is 31.6 Å². The van der Waals surface area contributed by atoms with Crippen LogP contribution in [-0.2, 0) is 9.53 Å². The Bertz CT molecular complexity index is 390. The molecule has 3 aliphatic heterocycles. The van der Waals surface area contributed by atoms with E-state index < -0.39 is 0 Å². The summed E-state index contributed by atoms with van der Waals surface area (Å²) in [6.07, 6.45) is 8.64. The summed E-state index contributed by atoms with van der Waals surface area (Å²) in [5, 5.41) is 0. The zero-order chi connectivity index (χ0) is 14.2. The number of hydrogen-bond acceptors (Lipinski definition) is 3. The van der Waals surface area contributed by atoms with Crippen LogP contribution in [0.1, 0.15) is 44.9 Å². The monoisotopic (exact) mass is 292 g/mol. The molecule has 0 N–H and O–H groups in total. The summed E-state index contributed by atoms with van der Waals surface area (Å²) in [6.45, 7) is 5.25. The summed E-state index contributed by atoms with van der Waals surface area (Å²) in [5.74, 6) is 1.64. The van der Waals surface area contributed by atoms with E-state index in [0.717, 1.165) is 25.7 Å². The Morgan fingerprint density at radius 3 is 2.57 bits per heavy atom. The van der Waals surface area contributed by atoms with Gasteiger partial charge in [-0.2, -0.15) is 0 Å². The molecule has 4 fully saturated rings. The molecule has 4 heteroatoms. The molecule has 4 aliphatic rings. The second-order valence-corrected chi connectivity index (χ2v) is 7.46. The van der Waals surface area contributed by atoms with Crippen molar-refractivity contribution in [2.45, 2.75) is 57.1 Å². The van der Waals surface area contributed by atoms with Crippen molar-refractivity contribution in [1.29, 1.82) is 0 Å². The number of carbonyl (C=O) groups excluding carboxylic acids is 1. The number of likely N-dealkylation sites (tertiary alicyclic amines) is 2. The molecular formula is C17H28N2O2. The second kappa shape index (κ2) is 5.88. The number of carbonyl (C=O) groups is 1. The van der Waals surface area contributed by atoms with E-state index in [0.29, 0.717) is 24.2 Å². The second-order valence-electron chi connectivity index (χ2n) is 7.46. The molecule has 0 bridgehead atoms. The van der Waals surface area contributed by atoms with Crippen molar-refractivity contribution in [3.8, 4) is 0 Å². The molecular weight excluding hydrogens is 264 g/mol. The van der Waals surface area contributed by atoms with Crippen molar-refractivity contribution < 1.29 is 9.53 Å². The summed E-state index contributed by atoms with van der Waals surface area (Å²) in [7, 11) is 0. The van der Waals surface area contributed by atoms with E-state index in [9.17, 15) is 4.79 Å². The van der Waals surface area contributed by atoms with Gasteiger partial charge in [0.2, 0.25) is 5.91 Å². The predicted molar refractivity (Wildman–Crippen MR) is 81.0 cm³/mol. The lowest BCUT2D eigenvalue weighted by molar-refractivity contribution is -0.133. The van der Waals surface area contributed by atoms with Crippen LogP contribution in [0.2, 0.25) is 0 Å². The van der Waals surface area contributed by atoms with Gasteiger partial charge in [0.05, 0.1) is 19.1 Å². The number of piperidine rings is 1. The van der Waals surface area contributed by atoms with Crippen LogP contribution >= 0.6 is 0 Å². The van der Waals surface area contributed by atoms with E-state index in [1.165, 1.54) is 51.6 Å². The third kappa shape index (κ3) is 2.72. The smallest absolute Gasteiger partial charge is 0.225 e. The Morgan fingerprint density at radius 2 is 1.86 bits per heavy atom. The minimum Gasteiger partial charge on any atom is -0.377 e. The standard InChI is InChI=1S/C17H28N2O2/c20-17(18-7-1-2-8-18)10-16-15-6-9-19(14-4-3-5-14)11-13(15)12-21-16/h13-16H,1-12H2/t13-,15-,16+/m1/s1. The molecule has 118 valence electrons. The summed E-state index contributed by atoms with van der Waals surface area (Å²) in [6, 6.07) is 0.858. The van der Waals surface area contributed by atoms with Gasteiger partial charge in [-0.05, 0) is 44.6 Å². The molecule has 1 aliphatic carbocycles. The highest BCUT2D eigenvalue weighted by molar-refractivity contribution is 5.77. The maximum atomic E-state index is 12.3. The van der Waals surface area contributed by atoms with Gasteiger partial charge in [-0.3, -0.25) is 4.79 Å². The van der Waals surface area contributed by atoms with E-state index in [2.05, 4.69) is 4.90 Å². The van der Waals surface area contributed by atoms with E-state index in [1.807, 2.05) is 4.90 Å². The van der Waals surface area contributed by atoms with Crippen LogP contribution in [0.4, 0.5) is 0 Å². The first-order valence-electron chi connectivity index (χ1n) is 8.94. The van der Waals surface area contributed by atoms with E-state index in [4.69, 9.17) is 4.74 Å². The highest BCUT2D eigenvalue weighted by Gasteiger charge is 2.43. The first-order chi connectivity index (χ1) is 10.3. The quantitative estimate of drug-likeness (QED) is 0.796. The molecule has 3 saturated heterocycles. The summed E-state index contributed by atoms with van der Waals surface area (Å²) in [4.78, 5) is 17.1. The lowest BCUT2D eigenvalue weighted by Gasteiger charge is -2.43. The van der Waals surface area contributed by atoms with E-state index >= 15 is 0 Å². The fourth-order valence-electron chi connectivity index (χ4n) is 4.68. The van der Waals surface area contributed by atoms with Crippen LogP contribution in [-0.4, -0.2) is 60.6 Å². The summed E-state index contributed by atoms with van der Waals surface area (Å²) < 4.78 is 6.04. The minimum absolute atomic E-state index is 0.201. The van der Waals surface area contributed by atoms with Gasteiger partial charge in [0.15, 0.2) is 0 Å². The molecule has 4 rings (SSSR count). The topological polar surface area (TPSA) is 32.8 Å². The van der Waals surface area contributed by atoms with Crippen molar-refractivity contribution in [2.24, 2.45) is 11.8 Å². The normalized spacial score (nSPS) is 37.5. The van der Waals surface area contributed by atoms with Gasteiger partial charge in [-0.1, -0.05) is 6.42 Å². The molecule has 0 aromatic rings. The van der Waals surface area contributed by atoms with Crippen molar-refractivity contribution in [1.82, 2.24) is 9.80 Å². The average Bonchev–Trinajstić information content (AvgIpc) is 3.06. The number of hydrogen-bond donors (Lipinski definition) is 0. The molecule has 0 aromatic carbocycles. The van der Waals surface area contributed by atoms with Crippen molar-refractivity contribution >= 4 is 5.91 Å². The molecule has 21 heavy (non-hydrogen) atoms. The number of rotatable bonds is 3. The molecule has 4 nitrogen and oxygen atoms in total. The van der Waals surface area contributed by atoms with Gasteiger partial charge in [-0.15, -0.1) is 0 Å². The van der Waals surface area contributed by atoms with Crippen LogP contribution in [0.5, 0.6) is 0 Å².